The molecule has 1 fully saturated rings. The van der Waals surface area contributed by atoms with Gasteiger partial charge in [0.25, 0.3) is 0 Å². The lowest BCUT2D eigenvalue weighted by Crippen LogP contribution is -2.53. The smallest absolute Gasteiger partial charge is 0.373 e. The zero-order chi connectivity index (χ0) is 14.8. The molecule has 5 nitrogen and oxygen atoms in total. The van der Waals surface area contributed by atoms with E-state index in [0.717, 1.165) is 12.3 Å². The van der Waals surface area contributed by atoms with Crippen LogP contribution in [0.1, 0.15) is 19.5 Å². The zero-order valence-corrected chi connectivity index (χ0v) is 12.5. The molecule has 9 heteroatoms. The fourth-order valence-corrected chi connectivity index (χ4v) is 2.03. The predicted octanol–water partition coefficient (Wildman–Crippen LogP) is 2.09. The average Bonchev–Trinajstić information content (AvgIpc) is 2.37. The first-order chi connectivity index (χ1) is 9.36. The highest BCUT2D eigenvalue weighted by molar-refractivity contribution is 5.85. The summed E-state index contributed by atoms with van der Waals surface area (Å²) in [6.45, 7) is 4.99. The van der Waals surface area contributed by atoms with E-state index in [1.165, 1.54) is 0 Å². The van der Waals surface area contributed by atoms with Gasteiger partial charge >= 0.3 is 6.18 Å². The molecule has 0 spiro atoms. The van der Waals surface area contributed by atoms with E-state index in [4.69, 9.17) is 4.74 Å². The van der Waals surface area contributed by atoms with Gasteiger partial charge in [0.15, 0.2) is 0 Å². The van der Waals surface area contributed by atoms with E-state index in [9.17, 15) is 13.2 Å². The number of aromatic nitrogens is 2. The highest BCUT2D eigenvalue weighted by atomic mass is 35.5. The van der Waals surface area contributed by atoms with Gasteiger partial charge in [-0.1, -0.05) is 0 Å². The van der Waals surface area contributed by atoms with Crippen LogP contribution in [-0.4, -0.2) is 41.3 Å². The summed E-state index contributed by atoms with van der Waals surface area (Å²) in [6, 6.07) is 0.849. The minimum absolute atomic E-state index is 0. The van der Waals surface area contributed by atoms with Crippen molar-refractivity contribution in [1.29, 1.82) is 0 Å². The highest BCUT2D eigenvalue weighted by Crippen LogP contribution is 2.27. The summed E-state index contributed by atoms with van der Waals surface area (Å²) in [7, 11) is 0. The first-order valence-corrected chi connectivity index (χ1v) is 6.39. The average molecular weight is 327 g/mol. The van der Waals surface area contributed by atoms with Gasteiger partial charge in [-0.05, 0) is 19.9 Å². The number of rotatable bonds is 3. The molecule has 2 N–H and O–H groups in total. The summed E-state index contributed by atoms with van der Waals surface area (Å²) < 4.78 is 43.2. The summed E-state index contributed by atoms with van der Waals surface area (Å²) in [6.07, 6.45) is -3.27. The van der Waals surface area contributed by atoms with Crippen molar-refractivity contribution in [2.45, 2.75) is 38.3 Å². The van der Waals surface area contributed by atoms with E-state index in [2.05, 4.69) is 20.6 Å². The molecule has 1 aromatic heterocycles. The minimum Gasteiger partial charge on any atom is -0.373 e. The minimum atomic E-state index is -4.46. The number of hydrogen-bond acceptors (Lipinski definition) is 5. The number of morpholine rings is 1. The maximum atomic E-state index is 12.5. The van der Waals surface area contributed by atoms with Gasteiger partial charge in [0.2, 0.25) is 5.95 Å². The second-order valence-corrected chi connectivity index (χ2v) is 4.81. The van der Waals surface area contributed by atoms with Crippen molar-refractivity contribution in [3.63, 3.8) is 0 Å². The topological polar surface area (TPSA) is 59.1 Å². The second kappa shape index (κ2) is 7.24. The number of nitrogens with zero attached hydrogens (tertiary/aromatic N) is 2. The van der Waals surface area contributed by atoms with Gasteiger partial charge < -0.3 is 15.4 Å². The maximum Gasteiger partial charge on any atom is 0.433 e. The molecule has 0 saturated carbocycles. The third-order valence-corrected chi connectivity index (χ3v) is 3.11. The zero-order valence-electron chi connectivity index (χ0n) is 11.6. The van der Waals surface area contributed by atoms with Gasteiger partial charge in [0.05, 0.1) is 18.2 Å². The highest BCUT2D eigenvalue weighted by Gasteiger charge is 2.33. The van der Waals surface area contributed by atoms with E-state index >= 15 is 0 Å². The van der Waals surface area contributed by atoms with Gasteiger partial charge in [-0.2, -0.15) is 13.2 Å². The number of ether oxygens (including phenoxy) is 1. The van der Waals surface area contributed by atoms with Gasteiger partial charge in [-0.25, -0.2) is 9.97 Å². The van der Waals surface area contributed by atoms with Crippen molar-refractivity contribution in [2.24, 2.45) is 0 Å². The lowest BCUT2D eigenvalue weighted by atomic mass is 10.1. The Bertz CT molecular complexity index is 460. The van der Waals surface area contributed by atoms with Crippen molar-refractivity contribution >= 4 is 18.4 Å². The monoisotopic (exact) mass is 326 g/mol. The Hall–Kier alpha value is -1.12. The molecule has 1 aromatic rings. The molecular formula is C12H18ClF3N4O. The molecule has 120 valence electrons. The largest absolute Gasteiger partial charge is 0.433 e. The number of alkyl halides is 3. The lowest BCUT2D eigenvalue weighted by molar-refractivity contribution is -0.141. The van der Waals surface area contributed by atoms with E-state index in [1.54, 1.807) is 0 Å². The second-order valence-electron chi connectivity index (χ2n) is 4.81. The number of halogens is 4. The summed E-state index contributed by atoms with van der Waals surface area (Å²) in [5.74, 6) is -0.0348. The molecule has 1 aliphatic rings. The van der Waals surface area contributed by atoms with Crippen molar-refractivity contribution in [1.82, 2.24) is 15.3 Å². The molecule has 1 saturated heterocycles. The molecule has 0 aromatic carbocycles. The van der Waals surface area contributed by atoms with Crippen LogP contribution in [0.25, 0.3) is 0 Å². The van der Waals surface area contributed by atoms with Crippen molar-refractivity contribution in [3.05, 3.63) is 18.0 Å². The van der Waals surface area contributed by atoms with Gasteiger partial charge in [-0.15, -0.1) is 12.4 Å². The summed E-state index contributed by atoms with van der Waals surface area (Å²) >= 11 is 0. The molecule has 3 atom stereocenters. The summed E-state index contributed by atoms with van der Waals surface area (Å²) in [4.78, 5) is 7.24. The molecule has 0 aliphatic carbocycles. The number of nitrogens with one attached hydrogen (secondary N) is 2. The molecule has 0 unspecified atom stereocenters. The van der Waals surface area contributed by atoms with Crippen LogP contribution in [0.15, 0.2) is 12.3 Å². The SMILES string of the molecule is C[C@@H]1CN[C@H](CNc2nccc(C(F)(F)F)n2)[C@H](C)O1.Cl. The van der Waals surface area contributed by atoms with Gasteiger partial charge in [-0.3, -0.25) is 0 Å². The van der Waals surface area contributed by atoms with E-state index in [1.807, 2.05) is 13.8 Å². The third-order valence-electron chi connectivity index (χ3n) is 3.11. The van der Waals surface area contributed by atoms with Crippen LogP contribution in [0.2, 0.25) is 0 Å². The van der Waals surface area contributed by atoms with E-state index < -0.39 is 11.9 Å². The van der Waals surface area contributed by atoms with Gasteiger partial charge in [0, 0.05) is 19.3 Å². The molecule has 21 heavy (non-hydrogen) atoms. The summed E-state index contributed by atoms with van der Waals surface area (Å²) in [5, 5.41) is 6.08. The molecule has 2 rings (SSSR count). The molecule has 2 heterocycles. The Labute approximate surface area is 127 Å². The fourth-order valence-electron chi connectivity index (χ4n) is 2.03. The van der Waals surface area contributed by atoms with Crippen LogP contribution in [-0.2, 0) is 10.9 Å². The molecule has 0 radical (unpaired) electrons. The Kier molecular flexibility index (Phi) is 6.18. The molecule has 0 amide bonds. The van der Waals surface area contributed by atoms with Crippen molar-refractivity contribution < 1.29 is 17.9 Å². The summed E-state index contributed by atoms with van der Waals surface area (Å²) in [5.41, 5.74) is -0.954. The lowest BCUT2D eigenvalue weighted by Gasteiger charge is -2.34. The normalized spacial score (nSPS) is 26.0. The van der Waals surface area contributed by atoms with Crippen molar-refractivity contribution in [3.8, 4) is 0 Å². The van der Waals surface area contributed by atoms with Crippen LogP contribution in [0.4, 0.5) is 19.1 Å². The Morgan fingerprint density at radius 3 is 2.76 bits per heavy atom. The number of hydrogen-bond donors (Lipinski definition) is 2. The van der Waals surface area contributed by atoms with Crippen molar-refractivity contribution in [2.75, 3.05) is 18.4 Å². The Morgan fingerprint density at radius 2 is 2.14 bits per heavy atom. The maximum absolute atomic E-state index is 12.5. The standard InChI is InChI=1S/C12H17F3N4O.ClH/c1-7-5-17-9(8(2)20-7)6-18-11-16-4-3-10(19-11)12(13,14)15;/h3-4,7-9,17H,5-6H2,1-2H3,(H,16,18,19);1H/t7-,8+,9-;/m1./s1. The Balaban J connectivity index is 0.00000220. The predicted molar refractivity (Wildman–Crippen MR) is 74.6 cm³/mol. The third kappa shape index (κ3) is 4.98. The van der Waals surface area contributed by atoms with Crippen LogP contribution in [0.5, 0.6) is 0 Å². The first-order valence-electron chi connectivity index (χ1n) is 6.39. The Morgan fingerprint density at radius 1 is 1.43 bits per heavy atom. The molecular weight excluding hydrogens is 309 g/mol. The van der Waals surface area contributed by atoms with Crippen LogP contribution < -0.4 is 10.6 Å². The van der Waals surface area contributed by atoms with Crippen LogP contribution in [0.3, 0.4) is 0 Å². The fraction of sp³-hybridized carbons (Fsp3) is 0.667. The quantitative estimate of drug-likeness (QED) is 0.891. The van der Waals surface area contributed by atoms with Crippen LogP contribution in [0, 0.1) is 0 Å². The van der Waals surface area contributed by atoms with E-state index in [-0.39, 0.29) is 36.6 Å². The number of anilines is 1. The van der Waals surface area contributed by atoms with Gasteiger partial charge in [0.1, 0.15) is 5.69 Å². The first kappa shape index (κ1) is 17.9. The molecule has 1 aliphatic heterocycles. The van der Waals surface area contributed by atoms with E-state index in [0.29, 0.717) is 13.1 Å². The van der Waals surface area contributed by atoms with Crippen LogP contribution >= 0.6 is 12.4 Å². The molecule has 0 bridgehead atoms.